The van der Waals surface area contributed by atoms with E-state index in [0.29, 0.717) is 6.61 Å². The molecule has 2 unspecified atom stereocenters. The predicted molar refractivity (Wildman–Crippen MR) is 49.7 cm³/mol. The molecule has 0 bridgehead atoms. The van der Waals surface area contributed by atoms with Crippen molar-refractivity contribution in [3.63, 3.8) is 0 Å². The minimum Gasteiger partial charge on any atom is -0.377 e. The van der Waals surface area contributed by atoms with Crippen molar-refractivity contribution in [3.8, 4) is 0 Å². The Labute approximate surface area is 80.8 Å². The van der Waals surface area contributed by atoms with Crippen molar-refractivity contribution in [1.82, 2.24) is 4.72 Å². The van der Waals surface area contributed by atoms with Crippen LogP contribution in [0.25, 0.3) is 0 Å². The summed E-state index contributed by atoms with van der Waals surface area (Å²) in [5.41, 5.74) is 0. The van der Waals surface area contributed by atoms with E-state index in [1.165, 1.54) is 0 Å². The maximum atomic E-state index is 11.1. The molecule has 0 aliphatic carbocycles. The zero-order valence-corrected chi connectivity index (χ0v) is 9.19. The van der Waals surface area contributed by atoms with E-state index < -0.39 is 10.0 Å². The first-order valence-corrected chi connectivity index (χ1v) is 6.50. The molecule has 1 heterocycles. The van der Waals surface area contributed by atoms with Crippen LogP contribution in [0.1, 0.15) is 13.3 Å². The number of hydrogen-bond acceptors (Lipinski definition) is 3. The fourth-order valence-electron chi connectivity index (χ4n) is 1.15. The van der Waals surface area contributed by atoms with Gasteiger partial charge in [-0.25, -0.2) is 13.1 Å². The summed E-state index contributed by atoms with van der Waals surface area (Å²) >= 11 is 2.91. The Hall–Kier alpha value is 0.350. The SMILES string of the molecule is CC1OCCC1NS(=O)(=O)CBr. The molecule has 0 radical (unpaired) electrons. The number of ether oxygens (including phenoxy) is 1. The third-order valence-corrected chi connectivity index (χ3v) is 4.61. The second kappa shape index (κ2) is 4.04. The van der Waals surface area contributed by atoms with Gasteiger partial charge in [0, 0.05) is 12.6 Å². The van der Waals surface area contributed by atoms with Gasteiger partial charge in [-0.1, -0.05) is 15.9 Å². The fraction of sp³-hybridized carbons (Fsp3) is 1.00. The highest BCUT2D eigenvalue weighted by Gasteiger charge is 2.27. The van der Waals surface area contributed by atoms with Crippen LogP contribution < -0.4 is 4.72 Å². The first-order valence-electron chi connectivity index (χ1n) is 3.73. The molecule has 1 aliphatic heterocycles. The lowest BCUT2D eigenvalue weighted by Gasteiger charge is -2.14. The summed E-state index contributed by atoms with van der Waals surface area (Å²) < 4.78 is 29.9. The largest absolute Gasteiger partial charge is 0.377 e. The van der Waals surface area contributed by atoms with Crippen LogP contribution in [0.5, 0.6) is 0 Å². The Bertz CT molecular complexity index is 241. The third-order valence-electron chi connectivity index (χ3n) is 1.85. The van der Waals surface area contributed by atoms with Gasteiger partial charge in [0.15, 0.2) is 0 Å². The molecule has 4 nitrogen and oxygen atoms in total. The van der Waals surface area contributed by atoms with Crippen molar-refractivity contribution in [2.75, 3.05) is 11.3 Å². The molecular formula is C6H12BrNO3S. The molecule has 12 heavy (non-hydrogen) atoms. The summed E-state index contributed by atoms with van der Waals surface area (Å²) in [5.74, 6) is 0. The van der Waals surface area contributed by atoms with Crippen LogP contribution in [0.15, 0.2) is 0 Å². The topological polar surface area (TPSA) is 55.4 Å². The van der Waals surface area contributed by atoms with E-state index >= 15 is 0 Å². The maximum Gasteiger partial charge on any atom is 0.221 e. The van der Waals surface area contributed by atoms with Crippen molar-refractivity contribution in [1.29, 1.82) is 0 Å². The quantitative estimate of drug-likeness (QED) is 0.747. The minimum atomic E-state index is -3.15. The van der Waals surface area contributed by atoms with Crippen LogP contribution in [0.4, 0.5) is 0 Å². The Morgan fingerprint density at radius 1 is 1.67 bits per heavy atom. The molecule has 1 fully saturated rings. The molecule has 1 rings (SSSR count). The van der Waals surface area contributed by atoms with Gasteiger partial charge in [0.25, 0.3) is 0 Å². The van der Waals surface area contributed by atoms with Gasteiger partial charge in [-0.3, -0.25) is 0 Å². The lowest BCUT2D eigenvalue weighted by atomic mass is 10.2. The number of rotatable bonds is 3. The Morgan fingerprint density at radius 2 is 2.33 bits per heavy atom. The summed E-state index contributed by atoms with van der Waals surface area (Å²) in [4.78, 5) is 0. The van der Waals surface area contributed by atoms with Gasteiger partial charge in [-0.15, -0.1) is 0 Å². The van der Waals surface area contributed by atoms with E-state index in [-0.39, 0.29) is 16.8 Å². The number of halogens is 1. The summed E-state index contributed by atoms with van der Waals surface area (Å²) in [7, 11) is -3.15. The molecule has 0 amide bonds. The average Bonchev–Trinajstić information content (AvgIpc) is 2.36. The number of nitrogens with one attached hydrogen (secondary N) is 1. The van der Waals surface area contributed by atoms with E-state index in [9.17, 15) is 8.42 Å². The highest BCUT2D eigenvalue weighted by Crippen LogP contribution is 2.13. The van der Waals surface area contributed by atoms with E-state index in [1.54, 1.807) is 0 Å². The summed E-state index contributed by atoms with van der Waals surface area (Å²) in [6, 6.07) is -0.0625. The van der Waals surface area contributed by atoms with Crippen LogP contribution in [-0.2, 0) is 14.8 Å². The standard InChI is InChI=1S/C6H12BrNO3S/c1-5-6(2-3-11-5)8-12(9,10)4-7/h5-6,8H,2-4H2,1H3. The molecule has 0 aromatic heterocycles. The fourth-order valence-corrected chi connectivity index (χ4v) is 2.38. The predicted octanol–water partition coefficient (Wildman–Crippen LogP) is 0.436. The number of sulfonamides is 1. The van der Waals surface area contributed by atoms with Crippen molar-refractivity contribution >= 4 is 26.0 Å². The highest BCUT2D eigenvalue weighted by atomic mass is 79.9. The molecule has 2 atom stereocenters. The van der Waals surface area contributed by atoms with E-state index in [0.717, 1.165) is 6.42 Å². The molecule has 6 heteroatoms. The maximum absolute atomic E-state index is 11.1. The molecule has 72 valence electrons. The van der Waals surface area contributed by atoms with Gasteiger partial charge in [-0.2, -0.15) is 0 Å². The number of hydrogen-bond donors (Lipinski definition) is 1. The monoisotopic (exact) mass is 257 g/mol. The summed E-state index contributed by atoms with van der Waals surface area (Å²) in [6.45, 7) is 2.51. The Kier molecular flexibility index (Phi) is 3.51. The molecule has 1 N–H and O–H groups in total. The van der Waals surface area contributed by atoms with E-state index in [4.69, 9.17) is 4.74 Å². The van der Waals surface area contributed by atoms with Crippen molar-refractivity contribution in [2.24, 2.45) is 0 Å². The molecule has 1 saturated heterocycles. The van der Waals surface area contributed by atoms with Gasteiger partial charge in [-0.05, 0) is 13.3 Å². The van der Waals surface area contributed by atoms with Crippen molar-refractivity contribution in [3.05, 3.63) is 0 Å². The molecule has 1 aliphatic rings. The minimum absolute atomic E-state index is 0.0150. The lowest BCUT2D eigenvalue weighted by Crippen LogP contribution is -2.39. The Balaban J connectivity index is 2.51. The molecule has 0 aromatic carbocycles. The van der Waals surface area contributed by atoms with Crippen molar-refractivity contribution < 1.29 is 13.2 Å². The zero-order chi connectivity index (χ0) is 9.19. The Morgan fingerprint density at radius 3 is 2.75 bits per heavy atom. The number of alkyl halides is 1. The second-order valence-electron chi connectivity index (χ2n) is 2.81. The first-order chi connectivity index (χ1) is 5.55. The van der Waals surface area contributed by atoms with Gasteiger partial charge >= 0.3 is 0 Å². The molecule has 0 saturated carbocycles. The summed E-state index contributed by atoms with van der Waals surface area (Å²) in [5, 5.41) is 0. The van der Waals surface area contributed by atoms with Crippen molar-refractivity contribution in [2.45, 2.75) is 25.5 Å². The normalized spacial score (nSPS) is 30.8. The van der Waals surface area contributed by atoms with Crippen LogP contribution >= 0.6 is 15.9 Å². The van der Waals surface area contributed by atoms with Gasteiger partial charge in [0.05, 0.1) is 6.10 Å². The zero-order valence-electron chi connectivity index (χ0n) is 6.79. The van der Waals surface area contributed by atoms with E-state index in [1.807, 2.05) is 6.92 Å². The van der Waals surface area contributed by atoms with Gasteiger partial charge < -0.3 is 4.74 Å². The third kappa shape index (κ3) is 2.69. The highest BCUT2D eigenvalue weighted by molar-refractivity contribution is 9.10. The summed E-state index contributed by atoms with van der Waals surface area (Å²) in [6.07, 6.45) is 0.742. The first kappa shape index (κ1) is 10.4. The second-order valence-corrected chi connectivity index (χ2v) is 5.87. The van der Waals surface area contributed by atoms with E-state index in [2.05, 4.69) is 20.7 Å². The van der Waals surface area contributed by atoms with Gasteiger partial charge in [0.1, 0.15) is 4.66 Å². The average molecular weight is 258 g/mol. The lowest BCUT2D eigenvalue weighted by molar-refractivity contribution is 0.117. The van der Waals surface area contributed by atoms with Crippen LogP contribution in [0.2, 0.25) is 0 Å². The molecule has 0 spiro atoms. The van der Waals surface area contributed by atoms with Crippen LogP contribution in [-0.4, -0.2) is 31.8 Å². The smallest absolute Gasteiger partial charge is 0.221 e. The van der Waals surface area contributed by atoms with Gasteiger partial charge in [0.2, 0.25) is 10.0 Å². The van der Waals surface area contributed by atoms with Crippen LogP contribution in [0, 0.1) is 0 Å². The molecule has 0 aromatic rings. The molecular weight excluding hydrogens is 246 g/mol. The van der Waals surface area contributed by atoms with Crippen LogP contribution in [0.3, 0.4) is 0 Å².